The molecular formula is C14H14Cl3N3. The van der Waals surface area contributed by atoms with E-state index in [9.17, 15) is 0 Å². The molecule has 20 heavy (non-hydrogen) atoms. The van der Waals surface area contributed by atoms with Gasteiger partial charge in [-0.3, -0.25) is 0 Å². The summed E-state index contributed by atoms with van der Waals surface area (Å²) in [7, 11) is 3.70. The van der Waals surface area contributed by atoms with Gasteiger partial charge in [0.05, 0.1) is 10.0 Å². The molecule has 0 atom stereocenters. The first-order valence-corrected chi connectivity index (χ1v) is 7.14. The smallest absolute Gasteiger partial charge is 0.149 e. The summed E-state index contributed by atoms with van der Waals surface area (Å²) in [6, 6.07) is 9.36. The predicted molar refractivity (Wildman–Crippen MR) is 87.4 cm³/mol. The van der Waals surface area contributed by atoms with Crippen LogP contribution in [0.5, 0.6) is 0 Å². The Kier molecular flexibility index (Phi) is 4.97. The third-order valence-corrected chi connectivity index (χ3v) is 3.66. The number of benzene rings is 1. The summed E-state index contributed by atoms with van der Waals surface area (Å²) < 4.78 is 0. The fourth-order valence-corrected chi connectivity index (χ4v) is 2.56. The van der Waals surface area contributed by atoms with E-state index in [0.29, 0.717) is 28.2 Å². The summed E-state index contributed by atoms with van der Waals surface area (Å²) in [5.41, 5.74) is 1.12. The van der Waals surface area contributed by atoms with E-state index < -0.39 is 0 Å². The van der Waals surface area contributed by atoms with Crippen molar-refractivity contribution in [1.29, 1.82) is 0 Å². The molecule has 0 amide bonds. The Morgan fingerprint density at radius 2 is 1.75 bits per heavy atom. The molecule has 1 N–H and O–H groups in total. The SMILES string of the molecule is CNc1nc(N(C)Cc2ccc(Cl)cc2)c(Cl)cc1Cl. The van der Waals surface area contributed by atoms with Crippen LogP contribution in [0.4, 0.5) is 11.6 Å². The minimum Gasteiger partial charge on any atom is -0.372 e. The van der Waals surface area contributed by atoms with Crippen molar-refractivity contribution in [2.75, 3.05) is 24.3 Å². The molecule has 0 spiro atoms. The summed E-state index contributed by atoms with van der Waals surface area (Å²) in [5, 5.41) is 4.68. The lowest BCUT2D eigenvalue weighted by molar-refractivity contribution is 0.899. The van der Waals surface area contributed by atoms with Crippen molar-refractivity contribution >= 4 is 46.4 Å². The van der Waals surface area contributed by atoms with E-state index in [4.69, 9.17) is 34.8 Å². The van der Waals surface area contributed by atoms with Crippen molar-refractivity contribution in [3.8, 4) is 0 Å². The normalized spacial score (nSPS) is 10.4. The van der Waals surface area contributed by atoms with Gasteiger partial charge in [0.2, 0.25) is 0 Å². The lowest BCUT2D eigenvalue weighted by Crippen LogP contribution is -2.18. The monoisotopic (exact) mass is 329 g/mol. The predicted octanol–water partition coefficient (Wildman–Crippen LogP) is 4.72. The largest absolute Gasteiger partial charge is 0.372 e. The van der Waals surface area contributed by atoms with Crippen LogP contribution in [0, 0.1) is 0 Å². The minimum atomic E-state index is 0.501. The van der Waals surface area contributed by atoms with Crippen molar-refractivity contribution in [2.24, 2.45) is 0 Å². The van der Waals surface area contributed by atoms with Gasteiger partial charge in [0, 0.05) is 25.7 Å². The Hall–Kier alpha value is -1.16. The van der Waals surface area contributed by atoms with Crippen LogP contribution < -0.4 is 10.2 Å². The van der Waals surface area contributed by atoms with Crippen LogP contribution in [0.25, 0.3) is 0 Å². The molecule has 0 bridgehead atoms. The molecule has 1 heterocycles. The quantitative estimate of drug-likeness (QED) is 0.879. The van der Waals surface area contributed by atoms with Crippen LogP contribution in [0.1, 0.15) is 5.56 Å². The highest BCUT2D eigenvalue weighted by molar-refractivity contribution is 6.37. The second kappa shape index (κ2) is 6.53. The molecule has 106 valence electrons. The van der Waals surface area contributed by atoms with E-state index in [-0.39, 0.29) is 0 Å². The number of anilines is 2. The summed E-state index contributed by atoms with van der Waals surface area (Å²) in [6.07, 6.45) is 0. The van der Waals surface area contributed by atoms with Crippen LogP contribution in [0.3, 0.4) is 0 Å². The molecule has 0 aliphatic rings. The molecule has 6 heteroatoms. The Morgan fingerprint density at radius 3 is 2.35 bits per heavy atom. The first-order valence-electron chi connectivity index (χ1n) is 6.00. The van der Waals surface area contributed by atoms with E-state index in [0.717, 1.165) is 10.6 Å². The molecular weight excluding hydrogens is 317 g/mol. The second-order valence-corrected chi connectivity index (χ2v) is 5.61. The first-order chi connectivity index (χ1) is 9.51. The third-order valence-electron chi connectivity index (χ3n) is 2.84. The van der Waals surface area contributed by atoms with Crippen molar-refractivity contribution in [3.63, 3.8) is 0 Å². The zero-order chi connectivity index (χ0) is 14.7. The van der Waals surface area contributed by atoms with E-state index >= 15 is 0 Å². The topological polar surface area (TPSA) is 28.2 Å². The van der Waals surface area contributed by atoms with Crippen LogP contribution in [-0.4, -0.2) is 19.1 Å². The number of hydrogen-bond donors (Lipinski definition) is 1. The maximum absolute atomic E-state index is 6.21. The Bertz CT molecular complexity index is 599. The zero-order valence-electron chi connectivity index (χ0n) is 11.1. The number of pyridine rings is 1. The molecule has 0 unspecified atom stereocenters. The number of aromatic nitrogens is 1. The zero-order valence-corrected chi connectivity index (χ0v) is 13.4. The van der Waals surface area contributed by atoms with Crippen LogP contribution in [0.15, 0.2) is 30.3 Å². The fraction of sp³-hybridized carbons (Fsp3) is 0.214. The minimum absolute atomic E-state index is 0.501. The molecule has 2 aromatic rings. The van der Waals surface area contributed by atoms with Crippen LogP contribution >= 0.6 is 34.8 Å². The van der Waals surface area contributed by atoms with Gasteiger partial charge in [-0.25, -0.2) is 4.98 Å². The fourth-order valence-electron chi connectivity index (χ4n) is 1.84. The van der Waals surface area contributed by atoms with E-state index in [2.05, 4.69) is 10.3 Å². The molecule has 0 aliphatic heterocycles. The Labute approximate surface area is 133 Å². The average Bonchev–Trinajstić information content (AvgIpc) is 2.41. The number of hydrogen-bond acceptors (Lipinski definition) is 3. The standard InChI is InChI=1S/C14H14Cl3N3/c1-18-13-11(16)7-12(17)14(19-13)20(2)8-9-3-5-10(15)6-4-9/h3-7H,8H2,1-2H3,(H,18,19). The van der Waals surface area contributed by atoms with Crippen molar-refractivity contribution < 1.29 is 0 Å². The van der Waals surface area contributed by atoms with Gasteiger partial charge in [0.25, 0.3) is 0 Å². The Morgan fingerprint density at radius 1 is 1.10 bits per heavy atom. The van der Waals surface area contributed by atoms with Crippen molar-refractivity contribution in [3.05, 3.63) is 51.0 Å². The lowest BCUT2D eigenvalue weighted by Gasteiger charge is -2.20. The number of nitrogens with one attached hydrogen (secondary N) is 1. The van der Waals surface area contributed by atoms with Gasteiger partial charge < -0.3 is 10.2 Å². The highest BCUT2D eigenvalue weighted by Gasteiger charge is 2.12. The lowest BCUT2D eigenvalue weighted by atomic mass is 10.2. The second-order valence-electron chi connectivity index (χ2n) is 4.36. The summed E-state index contributed by atoms with van der Waals surface area (Å²) in [6.45, 7) is 0.675. The van der Waals surface area contributed by atoms with Gasteiger partial charge >= 0.3 is 0 Å². The highest BCUT2D eigenvalue weighted by Crippen LogP contribution is 2.31. The molecule has 0 saturated carbocycles. The molecule has 0 aliphatic carbocycles. The Balaban J connectivity index is 2.24. The molecule has 3 nitrogen and oxygen atoms in total. The van der Waals surface area contributed by atoms with E-state index in [1.807, 2.05) is 36.2 Å². The number of nitrogens with zero attached hydrogens (tertiary/aromatic N) is 2. The van der Waals surface area contributed by atoms with Crippen LogP contribution in [0.2, 0.25) is 15.1 Å². The van der Waals surface area contributed by atoms with Gasteiger partial charge in [-0.05, 0) is 23.8 Å². The number of rotatable bonds is 4. The van der Waals surface area contributed by atoms with Gasteiger partial charge in [0.1, 0.15) is 11.6 Å². The van der Waals surface area contributed by atoms with Gasteiger partial charge in [-0.1, -0.05) is 46.9 Å². The summed E-state index contributed by atoms with van der Waals surface area (Å²) >= 11 is 18.1. The molecule has 1 aromatic heterocycles. The molecule has 1 aromatic carbocycles. The van der Waals surface area contributed by atoms with E-state index in [1.165, 1.54) is 0 Å². The van der Waals surface area contributed by atoms with Crippen LogP contribution in [-0.2, 0) is 6.54 Å². The van der Waals surface area contributed by atoms with Gasteiger partial charge in [-0.15, -0.1) is 0 Å². The molecule has 0 radical (unpaired) electrons. The summed E-state index contributed by atoms with van der Waals surface area (Å²) in [4.78, 5) is 6.39. The highest BCUT2D eigenvalue weighted by atomic mass is 35.5. The summed E-state index contributed by atoms with van der Waals surface area (Å²) in [5.74, 6) is 1.28. The van der Waals surface area contributed by atoms with Crippen molar-refractivity contribution in [1.82, 2.24) is 4.98 Å². The maximum atomic E-state index is 6.21. The third kappa shape index (κ3) is 3.48. The van der Waals surface area contributed by atoms with E-state index in [1.54, 1.807) is 13.1 Å². The maximum Gasteiger partial charge on any atom is 0.149 e. The molecule has 0 saturated heterocycles. The molecule has 2 rings (SSSR count). The first kappa shape index (κ1) is 15.2. The van der Waals surface area contributed by atoms with Gasteiger partial charge in [-0.2, -0.15) is 0 Å². The average molecular weight is 331 g/mol. The molecule has 0 fully saturated rings. The van der Waals surface area contributed by atoms with Crippen molar-refractivity contribution in [2.45, 2.75) is 6.54 Å². The number of halogens is 3. The van der Waals surface area contributed by atoms with Gasteiger partial charge in [0.15, 0.2) is 0 Å².